The first-order valence-corrected chi connectivity index (χ1v) is 7.52. The van der Waals surface area contributed by atoms with Gasteiger partial charge in [-0.15, -0.1) is 0 Å². The number of likely N-dealkylation sites (N-methyl/N-ethyl adjacent to an activating group) is 1. The van der Waals surface area contributed by atoms with E-state index in [0.717, 1.165) is 35.6 Å². The lowest BCUT2D eigenvalue weighted by atomic mass is 10.1. The Bertz CT molecular complexity index is 874. The van der Waals surface area contributed by atoms with E-state index in [9.17, 15) is 10.1 Å². The largest absolute Gasteiger partial charge is 0.368 e. The van der Waals surface area contributed by atoms with Gasteiger partial charge in [-0.1, -0.05) is 12.1 Å². The summed E-state index contributed by atoms with van der Waals surface area (Å²) in [5, 5.41) is 15.1. The summed E-state index contributed by atoms with van der Waals surface area (Å²) >= 11 is 0. The molecule has 24 heavy (non-hydrogen) atoms. The number of nitro groups is 1. The van der Waals surface area contributed by atoms with Gasteiger partial charge in [0.05, 0.1) is 10.3 Å². The van der Waals surface area contributed by atoms with Crippen LogP contribution in [-0.2, 0) is 0 Å². The summed E-state index contributed by atoms with van der Waals surface area (Å²) in [7, 11) is 4.02. The number of hydrogen-bond donors (Lipinski definition) is 2. The number of nitrogens with one attached hydrogen (secondary N) is 2. The Morgan fingerprint density at radius 1 is 1.29 bits per heavy atom. The smallest absolute Gasteiger partial charge is 0.270 e. The van der Waals surface area contributed by atoms with Gasteiger partial charge in [0.2, 0.25) is 0 Å². The van der Waals surface area contributed by atoms with Crippen molar-refractivity contribution in [3.05, 3.63) is 46.8 Å². The summed E-state index contributed by atoms with van der Waals surface area (Å²) in [5.41, 5.74) is 2.26. The minimum absolute atomic E-state index is 0.0570. The van der Waals surface area contributed by atoms with E-state index >= 15 is 0 Å². The first-order chi connectivity index (χ1) is 11.5. The highest BCUT2D eigenvalue weighted by atomic mass is 16.6. The fraction of sp³-hybridized carbons (Fsp3) is 0.250. The number of benzene rings is 1. The third kappa shape index (κ3) is 3.33. The first-order valence-electron chi connectivity index (χ1n) is 7.52. The van der Waals surface area contributed by atoms with Crippen LogP contribution in [0.5, 0.6) is 0 Å². The molecule has 0 atom stereocenters. The van der Waals surface area contributed by atoms with Gasteiger partial charge in [0.15, 0.2) is 0 Å². The van der Waals surface area contributed by atoms with Gasteiger partial charge in [-0.3, -0.25) is 10.1 Å². The summed E-state index contributed by atoms with van der Waals surface area (Å²) in [6.07, 6.45) is 1.49. The molecule has 0 bridgehead atoms. The molecule has 3 rings (SSSR count). The minimum atomic E-state index is -0.403. The molecular weight excluding hydrogens is 308 g/mol. The summed E-state index contributed by atoms with van der Waals surface area (Å²) in [5.74, 6) is 0.745. The Kier molecular flexibility index (Phi) is 4.39. The second-order valence-electron chi connectivity index (χ2n) is 5.71. The van der Waals surface area contributed by atoms with E-state index in [0.29, 0.717) is 5.65 Å². The predicted molar refractivity (Wildman–Crippen MR) is 93.0 cm³/mol. The molecule has 2 N–H and O–H groups in total. The van der Waals surface area contributed by atoms with Crippen molar-refractivity contribution in [3.63, 3.8) is 0 Å². The molecule has 0 aliphatic heterocycles. The van der Waals surface area contributed by atoms with E-state index in [-0.39, 0.29) is 5.69 Å². The molecule has 1 aromatic carbocycles. The van der Waals surface area contributed by atoms with E-state index in [2.05, 4.69) is 25.2 Å². The number of anilines is 1. The number of fused-ring (bicyclic) bond motifs is 1. The highest BCUT2D eigenvalue weighted by Gasteiger charge is 2.12. The number of H-pyrrole nitrogens is 1. The lowest BCUT2D eigenvalue weighted by molar-refractivity contribution is -0.384. The number of rotatable bonds is 6. The molecule has 124 valence electrons. The van der Waals surface area contributed by atoms with Crippen LogP contribution in [-0.4, -0.2) is 52.0 Å². The fourth-order valence-corrected chi connectivity index (χ4v) is 2.42. The number of hydrogen-bond acceptors (Lipinski definition) is 6. The number of non-ortho nitro benzene ring substituents is 1. The lowest BCUT2D eigenvalue weighted by Gasteiger charge is -2.10. The first kappa shape index (κ1) is 15.9. The molecule has 0 fully saturated rings. The van der Waals surface area contributed by atoms with Gasteiger partial charge >= 0.3 is 0 Å². The quantitative estimate of drug-likeness (QED) is 0.533. The second-order valence-corrected chi connectivity index (χ2v) is 5.71. The molecule has 2 heterocycles. The molecule has 0 amide bonds. The Hall–Kier alpha value is -3.00. The zero-order chi connectivity index (χ0) is 17.1. The number of aromatic amines is 1. The maximum atomic E-state index is 10.9. The van der Waals surface area contributed by atoms with Crippen LogP contribution in [0.15, 0.2) is 36.7 Å². The van der Waals surface area contributed by atoms with Gasteiger partial charge in [0.25, 0.3) is 5.69 Å². The lowest BCUT2D eigenvalue weighted by Crippen LogP contribution is -2.21. The third-order valence-electron chi connectivity index (χ3n) is 3.65. The molecule has 0 aliphatic carbocycles. The third-order valence-corrected chi connectivity index (χ3v) is 3.65. The average molecular weight is 326 g/mol. The van der Waals surface area contributed by atoms with Gasteiger partial charge in [-0.25, -0.2) is 9.97 Å². The standard InChI is InChI=1S/C16H18N6O2/c1-21(2)7-6-17-15-13-9-14(20-16(13)19-10-18-15)11-4-3-5-12(8-11)22(23)24/h3-5,8-10H,6-7H2,1-2H3,(H2,17,18,19,20). The van der Waals surface area contributed by atoms with Crippen molar-refractivity contribution in [2.24, 2.45) is 0 Å². The van der Waals surface area contributed by atoms with Crippen LogP contribution in [0, 0.1) is 10.1 Å². The number of nitro benzene ring substituents is 1. The molecule has 8 nitrogen and oxygen atoms in total. The van der Waals surface area contributed by atoms with Crippen LogP contribution >= 0.6 is 0 Å². The molecule has 0 radical (unpaired) electrons. The zero-order valence-corrected chi connectivity index (χ0v) is 13.5. The Morgan fingerprint density at radius 2 is 2.12 bits per heavy atom. The van der Waals surface area contributed by atoms with Gasteiger partial charge in [0, 0.05) is 36.5 Å². The maximum absolute atomic E-state index is 10.9. The molecule has 3 aromatic rings. The van der Waals surface area contributed by atoms with Crippen molar-refractivity contribution < 1.29 is 4.92 Å². The normalized spacial score (nSPS) is 11.1. The number of aromatic nitrogens is 3. The van der Waals surface area contributed by atoms with Crippen LogP contribution in [0.3, 0.4) is 0 Å². The molecular formula is C16H18N6O2. The van der Waals surface area contributed by atoms with Gasteiger partial charge in [-0.05, 0) is 20.2 Å². The van der Waals surface area contributed by atoms with Crippen LogP contribution in [0.2, 0.25) is 0 Å². The topological polar surface area (TPSA) is 100.0 Å². The van der Waals surface area contributed by atoms with E-state index in [1.165, 1.54) is 18.5 Å². The predicted octanol–water partition coefficient (Wildman–Crippen LogP) is 2.51. The summed E-state index contributed by atoms with van der Waals surface area (Å²) < 4.78 is 0. The molecule has 2 aromatic heterocycles. The molecule has 0 unspecified atom stereocenters. The number of nitrogens with zero attached hydrogens (tertiary/aromatic N) is 4. The second kappa shape index (κ2) is 6.63. The van der Waals surface area contributed by atoms with Gasteiger partial charge in [-0.2, -0.15) is 0 Å². The van der Waals surface area contributed by atoms with Crippen LogP contribution in [0.25, 0.3) is 22.3 Å². The van der Waals surface area contributed by atoms with Gasteiger partial charge < -0.3 is 15.2 Å². The van der Waals surface area contributed by atoms with Crippen molar-refractivity contribution in [2.45, 2.75) is 0 Å². The van der Waals surface area contributed by atoms with Crippen LogP contribution in [0.1, 0.15) is 0 Å². The van der Waals surface area contributed by atoms with Crippen LogP contribution in [0.4, 0.5) is 11.5 Å². The highest BCUT2D eigenvalue weighted by Crippen LogP contribution is 2.28. The van der Waals surface area contributed by atoms with E-state index in [1.54, 1.807) is 6.07 Å². The summed E-state index contributed by atoms with van der Waals surface area (Å²) in [6, 6.07) is 8.41. The molecule has 0 aliphatic rings. The maximum Gasteiger partial charge on any atom is 0.270 e. The summed E-state index contributed by atoms with van der Waals surface area (Å²) in [4.78, 5) is 24.3. The van der Waals surface area contributed by atoms with E-state index in [4.69, 9.17) is 0 Å². The fourth-order valence-electron chi connectivity index (χ4n) is 2.42. The van der Waals surface area contributed by atoms with Crippen molar-refractivity contribution in [3.8, 4) is 11.3 Å². The van der Waals surface area contributed by atoms with Crippen LogP contribution < -0.4 is 5.32 Å². The van der Waals surface area contributed by atoms with E-state index in [1.807, 2.05) is 26.2 Å². The highest BCUT2D eigenvalue weighted by molar-refractivity contribution is 5.91. The Morgan fingerprint density at radius 3 is 2.88 bits per heavy atom. The Balaban J connectivity index is 1.94. The van der Waals surface area contributed by atoms with Crippen molar-refractivity contribution in [2.75, 3.05) is 32.5 Å². The molecule has 0 spiro atoms. The average Bonchev–Trinajstić information content (AvgIpc) is 3.00. The van der Waals surface area contributed by atoms with Crippen molar-refractivity contribution >= 4 is 22.5 Å². The monoisotopic (exact) mass is 326 g/mol. The molecule has 8 heteroatoms. The van der Waals surface area contributed by atoms with Crippen molar-refractivity contribution in [1.29, 1.82) is 0 Å². The van der Waals surface area contributed by atoms with Gasteiger partial charge in [0.1, 0.15) is 17.8 Å². The minimum Gasteiger partial charge on any atom is -0.368 e. The zero-order valence-electron chi connectivity index (χ0n) is 13.5. The Labute approximate surface area is 138 Å². The van der Waals surface area contributed by atoms with Crippen molar-refractivity contribution in [1.82, 2.24) is 19.9 Å². The molecule has 0 saturated carbocycles. The SMILES string of the molecule is CN(C)CCNc1ncnc2[nH]c(-c3cccc([N+](=O)[O-])c3)cc12. The van der Waals surface area contributed by atoms with E-state index < -0.39 is 4.92 Å². The summed E-state index contributed by atoms with van der Waals surface area (Å²) in [6.45, 7) is 1.64. The molecule has 0 saturated heterocycles.